The number of hydrogen-bond donors (Lipinski definition) is 4. The molecule has 2 saturated heterocycles. The van der Waals surface area contributed by atoms with Gasteiger partial charge in [0.2, 0.25) is 11.8 Å². The lowest BCUT2D eigenvalue weighted by atomic mass is 9.76. The second kappa shape index (κ2) is 8.47. The number of aliphatic carboxylic acids is 1. The van der Waals surface area contributed by atoms with Crippen LogP contribution in [0.25, 0.3) is 10.9 Å². The number of benzene rings is 3. The van der Waals surface area contributed by atoms with Gasteiger partial charge in [-0.1, -0.05) is 48.0 Å². The SMILES string of the molecule is O=C1C2C(c3ccccc3O)NC(Cc3c[nH]c4ccccc34)(C(=O)O)C2C(=O)N1c1ccc(Cl)cc1. The summed E-state index contributed by atoms with van der Waals surface area (Å²) in [4.78, 5) is 45.1. The van der Waals surface area contributed by atoms with E-state index in [1.54, 1.807) is 48.7 Å². The molecular weight excluding hydrogens is 494 g/mol. The molecule has 0 bridgehead atoms. The molecule has 3 heterocycles. The maximum absolute atomic E-state index is 14.0. The summed E-state index contributed by atoms with van der Waals surface area (Å²) < 4.78 is 0. The fourth-order valence-electron chi connectivity index (χ4n) is 5.88. The Hall–Kier alpha value is -4.14. The molecule has 6 rings (SSSR count). The molecule has 4 atom stereocenters. The first-order valence-electron chi connectivity index (χ1n) is 11.8. The van der Waals surface area contributed by atoms with Gasteiger partial charge in [-0.2, -0.15) is 0 Å². The summed E-state index contributed by atoms with van der Waals surface area (Å²) in [6.45, 7) is 0. The Kier molecular flexibility index (Phi) is 5.33. The number of aromatic hydroxyl groups is 1. The molecule has 8 nitrogen and oxygen atoms in total. The van der Waals surface area contributed by atoms with Crippen molar-refractivity contribution < 1.29 is 24.6 Å². The second-order valence-electron chi connectivity index (χ2n) is 9.49. The van der Waals surface area contributed by atoms with Crippen molar-refractivity contribution in [3.8, 4) is 5.75 Å². The predicted molar refractivity (Wildman–Crippen MR) is 137 cm³/mol. The first kappa shape index (κ1) is 23.3. The standard InChI is InChI=1S/C28H22ClN3O5/c29-16-9-11-17(12-10-16)32-25(34)22-23(26(32)35)28(27(36)37,31-24(22)19-6-2-4-8-21(19)33)13-15-14-30-20-7-3-1-5-18(15)20/h1-12,14,22-24,30-31,33H,13H2,(H,36,37). The number of carbonyl (C=O) groups is 3. The van der Waals surface area contributed by atoms with Gasteiger partial charge in [0.1, 0.15) is 11.3 Å². The second-order valence-corrected chi connectivity index (χ2v) is 9.92. The minimum atomic E-state index is -1.81. The first-order chi connectivity index (χ1) is 17.8. The predicted octanol–water partition coefficient (Wildman–Crippen LogP) is 4.04. The Morgan fingerprint density at radius 3 is 2.41 bits per heavy atom. The van der Waals surface area contributed by atoms with Gasteiger partial charge in [0, 0.05) is 40.1 Å². The van der Waals surface area contributed by atoms with E-state index in [4.69, 9.17) is 11.6 Å². The molecule has 4 aromatic rings. The third-order valence-electron chi connectivity index (χ3n) is 7.54. The van der Waals surface area contributed by atoms with Crippen LogP contribution < -0.4 is 10.2 Å². The highest BCUT2D eigenvalue weighted by Crippen LogP contribution is 2.52. The number of aromatic nitrogens is 1. The van der Waals surface area contributed by atoms with Crippen molar-refractivity contribution in [1.29, 1.82) is 0 Å². The number of nitrogens with zero attached hydrogens (tertiary/aromatic N) is 1. The summed E-state index contributed by atoms with van der Waals surface area (Å²) in [7, 11) is 0. The number of carboxylic acids is 1. The van der Waals surface area contributed by atoms with E-state index in [1.807, 2.05) is 24.3 Å². The Morgan fingerprint density at radius 1 is 0.973 bits per heavy atom. The summed E-state index contributed by atoms with van der Waals surface area (Å²) in [6, 6.07) is 19.3. The number of amides is 2. The van der Waals surface area contributed by atoms with Gasteiger partial charge in [-0.25, -0.2) is 4.90 Å². The van der Waals surface area contributed by atoms with Crippen LogP contribution in [0.5, 0.6) is 5.75 Å². The topological polar surface area (TPSA) is 123 Å². The molecule has 37 heavy (non-hydrogen) atoms. The molecule has 4 unspecified atom stereocenters. The Morgan fingerprint density at radius 2 is 1.68 bits per heavy atom. The summed E-state index contributed by atoms with van der Waals surface area (Å²) >= 11 is 6.01. The number of rotatable bonds is 5. The van der Waals surface area contributed by atoms with Crippen LogP contribution in [0.4, 0.5) is 5.69 Å². The van der Waals surface area contributed by atoms with Crippen molar-refractivity contribution in [2.75, 3.05) is 4.90 Å². The normalized spacial score (nSPS) is 25.1. The van der Waals surface area contributed by atoms with Crippen LogP contribution in [0.1, 0.15) is 17.2 Å². The lowest BCUT2D eigenvalue weighted by Gasteiger charge is -2.31. The van der Waals surface area contributed by atoms with Gasteiger partial charge in [0.25, 0.3) is 0 Å². The van der Waals surface area contributed by atoms with Crippen LogP contribution in [0.2, 0.25) is 5.02 Å². The van der Waals surface area contributed by atoms with Gasteiger partial charge < -0.3 is 15.2 Å². The Balaban J connectivity index is 1.52. The van der Waals surface area contributed by atoms with E-state index in [0.717, 1.165) is 15.8 Å². The van der Waals surface area contributed by atoms with Crippen LogP contribution in [0.3, 0.4) is 0 Å². The van der Waals surface area contributed by atoms with Gasteiger partial charge in [0.15, 0.2) is 0 Å². The third-order valence-corrected chi connectivity index (χ3v) is 7.79. The number of halogens is 1. The molecule has 2 amide bonds. The van der Waals surface area contributed by atoms with Crippen molar-refractivity contribution in [2.24, 2.45) is 11.8 Å². The molecule has 0 radical (unpaired) electrons. The van der Waals surface area contributed by atoms with E-state index in [2.05, 4.69) is 10.3 Å². The summed E-state index contributed by atoms with van der Waals surface area (Å²) in [5, 5.41) is 25.7. The van der Waals surface area contributed by atoms with Gasteiger partial charge in [-0.05, 0) is 42.0 Å². The molecular formula is C28H22ClN3O5. The molecule has 0 aliphatic carbocycles. The van der Waals surface area contributed by atoms with E-state index >= 15 is 0 Å². The number of fused-ring (bicyclic) bond motifs is 2. The smallest absolute Gasteiger partial charge is 0.325 e. The maximum atomic E-state index is 14.0. The molecule has 4 N–H and O–H groups in total. The largest absolute Gasteiger partial charge is 0.508 e. The number of aromatic amines is 1. The highest BCUT2D eigenvalue weighted by Gasteiger charge is 2.69. The number of H-pyrrole nitrogens is 1. The molecule has 0 spiro atoms. The van der Waals surface area contributed by atoms with Crippen LogP contribution in [-0.2, 0) is 20.8 Å². The summed E-state index contributed by atoms with van der Waals surface area (Å²) in [6.07, 6.45) is 1.68. The van der Waals surface area contributed by atoms with E-state index in [0.29, 0.717) is 21.8 Å². The monoisotopic (exact) mass is 515 g/mol. The van der Waals surface area contributed by atoms with Crippen LogP contribution in [0, 0.1) is 11.8 Å². The van der Waals surface area contributed by atoms with Crippen molar-refractivity contribution in [2.45, 2.75) is 18.0 Å². The zero-order valence-corrected chi connectivity index (χ0v) is 20.1. The van der Waals surface area contributed by atoms with Gasteiger partial charge in [-0.15, -0.1) is 0 Å². The molecule has 186 valence electrons. The van der Waals surface area contributed by atoms with Crippen molar-refractivity contribution in [1.82, 2.24) is 10.3 Å². The Labute approximate surface area is 216 Å². The number of hydrogen-bond acceptors (Lipinski definition) is 5. The minimum absolute atomic E-state index is 0.0505. The highest BCUT2D eigenvalue weighted by molar-refractivity contribution is 6.31. The fraction of sp³-hybridized carbons (Fsp3) is 0.179. The minimum Gasteiger partial charge on any atom is -0.508 e. The summed E-state index contributed by atoms with van der Waals surface area (Å²) in [5.74, 6) is -4.73. The highest BCUT2D eigenvalue weighted by atomic mass is 35.5. The van der Waals surface area contributed by atoms with Crippen LogP contribution in [0.15, 0.2) is 79.0 Å². The molecule has 9 heteroatoms. The van der Waals surface area contributed by atoms with Gasteiger partial charge >= 0.3 is 5.97 Å². The van der Waals surface area contributed by atoms with Gasteiger partial charge in [-0.3, -0.25) is 19.7 Å². The number of anilines is 1. The van der Waals surface area contributed by atoms with E-state index in [-0.39, 0.29) is 12.2 Å². The molecule has 2 fully saturated rings. The van der Waals surface area contributed by atoms with Crippen LogP contribution >= 0.6 is 11.6 Å². The Bertz CT molecular complexity index is 1570. The summed E-state index contributed by atoms with van der Waals surface area (Å²) in [5.41, 5.74) is 0.403. The van der Waals surface area contributed by atoms with E-state index in [1.165, 1.54) is 6.07 Å². The number of nitrogens with one attached hydrogen (secondary N) is 2. The number of imide groups is 1. The number of phenolic OH excluding ortho intramolecular Hbond substituents is 1. The quantitative estimate of drug-likeness (QED) is 0.297. The van der Waals surface area contributed by atoms with E-state index < -0.39 is 41.2 Å². The fourth-order valence-corrected chi connectivity index (χ4v) is 6.00. The first-order valence-corrected chi connectivity index (χ1v) is 12.2. The number of para-hydroxylation sites is 2. The van der Waals surface area contributed by atoms with Crippen molar-refractivity contribution in [3.63, 3.8) is 0 Å². The molecule has 0 saturated carbocycles. The van der Waals surface area contributed by atoms with E-state index in [9.17, 15) is 24.6 Å². The molecule has 2 aliphatic heterocycles. The van der Waals surface area contributed by atoms with Gasteiger partial charge in [0.05, 0.1) is 17.5 Å². The van der Waals surface area contributed by atoms with Crippen molar-refractivity contribution >= 4 is 46.0 Å². The average molecular weight is 516 g/mol. The van der Waals surface area contributed by atoms with Crippen molar-refractivity contribution in [3.05, 3.63) is 95.1 Å². The zero-order valence-electron chi connectivity index (χ0n) is 19.4. The maximum Gasteiger partial charge on any atom is 0.325 e. The lowest BCUT2D eigenvalue weighted by Crippen LogP contribution is -2.57. The molecule has 2 aliphatic rings. The number of carbonyl (C=O) groups excluding carboxylic acids is 2. The average Bonchev–Trinajstić information content (AvgIpc) is 3.53. The number of carboxylic acid groups (broad SMARTS) is 1. The number of phenols is 1. The lowest BCUT2D eigenvalue weighted by molar-refractivity contribution is -0.148. The van der Waals surface area contributed by atoms with Crippen LogP contribution in [-0.4, -0.2) is 38.5 Å². The zero-order chi connectivity index (χ0) is 25.9. The molecule has 1 aromatic heterocycles. The third kappa shape index (κ3) is 3.44. The molecule has 3 aromatic carbocycles.